The summed E-state index contributed by atoms with van der Waals surface area (Å²) in [5.41, 5.74) is 0.276. The number of para-hydroxylation sites is 1. The van der Waals surface area contributed by atoms with Crippen LogP contribution in [0.3, 0.4) is 0 Å². The summed E-state index contributed by atoms with van der Waals surface area (Å²) in [5, 5.41) is 2.88. The van der Waals surface area contributed by atoms with Crippen molar-refractivity contribution in [2.75, 3.05) is 11.9 Å². The van der Waals surface area contributed by atoms with E-state index in [1.165, 1.54) is 18.2 Å². The first-order chi connectivity index (χ1) is 10.9. The van der Waals surface area contributed by atoms with Gasteiger partial charge in [-0.25, -0.2) is 0 Å². The van der Waals surface area contributed by atoms with Gasteiger partial charge in [0.15, 0.2) is 18.1 Å². The first-order valence-electron chi connectivity index (χ1n) is 6.50. The van der Waals surface area contributed by atoms with Crippen LogP contribution in [0.4, 0.5) is 14.5 Å². The van der Waals surface area contributed by atoms with Crippen molar-refractivity contribution in [3.05, 3.63) is 47.5 Å². The van der Waals surface area contributed by atoms with Crippen LogP contribution < -0.4 is 19.5 Å². The van der Waals surface area contributed by atoms with Gasteiger partial charge in [0.1, 0.15) is 5.75 Å². The summed E-state index contributed by atoms with van der Waals surface area (Å²) >= 11 is 5.90. The lowest BCUT2D eigenvalue weighted by atomic mass is 10.3. The topological polar surface area (TPSA) is 56.8 Å². The second-order valence-electron chi connectivity index (χ2n) is 4.60. The number of amides is 1. The monoisotopic (exact) mass is 341 g/mol. The number of alkyl halides is 2. The third-order valence-corrected chi connectivity index (χ3v) is 3.19. The highest BCUT2D eigenvalue weighted by atomic mass is 35.5. The molecule has 0 radical (unpaired) electrons. The molecule has 3 rings (SSSR count). The average Bonchev–Trinajstić information content (AvgIpc) is 2.79. The van der Waals surface area contributed by atoms with Crippen molar-refractivity contribution in [1.29, 1.82) is 0 Å². The Labute approximate surface area is 134 Å². The molecule has 1 heterocycles. The highest BCUT2D eigenvalue weighted by molar-refractivity contribution is 6.32. The number of hydrogen-bond donors (Lipinski definition) is 1. The third-order valence-electron chi connectivity index (χ3n) is 2.88. The van der Waals surface area contributed by atoms with E-state index in [2.05, 4.69) is 14.8 Å². The molecule has 0 fully saturated rings. The smallest absolute Gasteiger partial charge is 0.482 e. The molecule has 8 heteroatoms. The Balaban J connectivity index is 1.60. The minimum atomic E-state index is -3.70. The number of carbonyl (C=O) groups excluding carboxylic acids is 1. The first-order valence-corrected chi connectivity index (χ1v) is 6.88. The molecule has 23 heavy (non-hydrogen) atoms. The molecule has 1 N–H and O–H groups in total. The Kier molecular flexibility index (Phi) is 3.96. The number of anilines is 1. The molecule has 1 amide bonds. The lowest BCUT2D eigenvalue weighted by Crippen LogP contribution is -2.25. The summed E-state index contributed by atoms with van der Waals surface area (Å²) in [6.45, 7) is -0.283. The Morgan fingerprint density at radius 3 is 2.70 bits per heavy atom. The van der Waals surface area contributed by atoms with Crippen molar-refractivity contribution >= 4 is 23.2 Å². The molecule has 5 nitrogen and oxygen atoms in total. The molecule has 0 atom stereocenters. The number of nitrogens with one attached hydrogen (secondary N) is 1. The van der Waals surface area contributed by atoms with Gasteiger partial charge in [-0.15, -0.1) is 8.78 Å². The van der Waals surface area contributed by atoms with Crippen molar-refractivity contribution in [1.82, 2.24) is 0 Å². The maximum Gasteiger partial charge on any atom is 0.586 e. The lowest BCUT2D eigenvalue weighted by Gasteiger charge is -2.09. The van der Waals surface area contributed by atoms with Gasteiger partial charge in [0, 0.05) is 11.8 Å². The molecule has 2 aromatic carbocycles. The molecule has 0 saturated heterocycles. The van der Waals surface area contributed by atoms with Gasteiger partial charge >= 0.3 is 6.29 Å². The predicted octanol–water partition coefficient (Wildman–Crippen LogP) is 3.68. The number of fused-ring (bicyclic) bond motifs is 1. The summed E-state index contributed by atoms with van der Waals surface area (Å²) in [7, 11) is 0. The van der Waals surface area contributed by atoms with Crippen molar-refractivity contribution < 1.29 is 27.8 Å². The van der Waals surface area contributed by atoms with E-state index in [1.54, 1.807) is 24.3 Å². The van der Waals surface area contributed by atoms with Gasteiger partial charge in [-0.2, -0.15) is 0 Å². The third kappa shape index (κ3) is 3.62. The molecule has 0 unspecified atom stereocenters. The fourth-order valence-electron chi connectivity index (χ4n) is 1.93. The van der Waals surface area contributed by atoms with E-state index in [0.717, 1.165) is 0 Å². The lowest BCUT2D eigenvalue weighted by molar-refractivity contribution is -0.286. The summed E-state index contributed by atoms with van der Waals surface area (Å²) in [6, 6.07) is 10.6. The molecular formula is C15H10ClF2NO4. The van der Waals surface area contributed by atoms with Crippen molar-refractivity contribution in [2.24, 2.45) is 0 Å². The van der Waals surface area contributed by atoms with Crippen LogP contribution in [0.15, 0.2) is 42.5 Å². The molecule has 2 aromatic rings. The summed E-state index contributed by atoms with van der Waals surface area (Å²) in [5.74, 6) is -0.356. The Bertz CT molecular complexity index is 754. The Morgan fingerprint density at radius 1 is 1.17 bits per heavy atom. The van der Waals surface area contributed by atoms with E-state index in [-0.39, 0.29) is 23.8 Å². The minimum absolute atomic E-state index is 0.0969. The maximum atomic E-state index is 12.9. The fraction of sp³-hybridized carbons (Fsp3) is 0.133. The number of rotatable bonds is 4. The van der Waals surface area contributed by atoms with E-state index in [9.17, 15) is 13.6 Å². The fourth-order valence-corrected chi connectivity index (χ4v) is 2.12. The van der Waals surface area contributed by atoms with Crippen LogP contribution in [0.1, 0.15) is 0 Å². The number of halogens is 3. The summed E-state index contributed by atoms with van der Waals surface area (Å²) in [6.07, 6.45) is -3.70. The van der Waals surface area contributed by atoms with E-state index in [1.807, 2.05) is 0 Å². The predicted molar refractivity (Wildman–Crippen MR) is 78.2 cm³/mol. The molecule has 1 aliphatic heterocycles. The van der Waals surface area contributed by atoms with Crippen molar-refractivity contribution in [3.8, 4) is 17.2 Å². The van der Waals surface area contributed by atoms with Gasteiger partial charge in [0.05, 0.1) is 5.02 Å². The highest BCUT2D eigenvalue weighted by Gasteiger charge is 2.43. The Hall–Kier alpha value is -2.54. The number of benzene rings is 2. The molecule has 0 aliphatic carbocycles. The van der Waals surface area contributed by atoms with Crippen LogP contribution in [0.5, 0.6) is 17.2 Å². The second kappa shape index (κ2) is 5.92. The first kappa shape index (κ1) is 15.4. The quantitative estimate of drug-likeness (QED) is 0.921. The molecule has 0 saturated carbocycles. The minimum Gasteiger partial charge on any atom is -0.482 e. The van der Waals surface area contributed by atoms with Gasteiger partial charge in [-0.05, 0) is 24.3 Å². The maximum absolute atomic E-state index is 12.9. The normalized spacial score (nSPS) is 14.4. The highest BCUT2D eigenvalue weighted by Crippen LogP contribution is 2.42. The standard InChI is InChI=1S/C15H10ClF2NO4/c16-10-3-1-2-4-11(10)21-8-14(20)19-9-5-6-12-13(7-9)23-15(17,18)22-12/h1-7H,8H2,(H,19,20). The second-order valence-corrected chi connectivity index (χ2v) is 5.00. The van der Waals surface area contributed by atoms with Crippen LogP contribution in [0, 0.1) is 0 Å². The molecule has 0 aromatic heterocycles. The molecular weight excluding hydrogens is 332 g/mol. The average molecular weight is 342 g/mol. The van der Waals surface area contributed by atoms with Crippen molar-refractivity contribution in [2.45, 2.75) is 6.29 Å². The molecule has 0 bridgehead atoms. The zero-order chi connectivity index (χ0) is 16.4. The summed E-state index contributed by atoms with van der Waals surface area (Å²) < 4.78 is 39.7. The van der Waals surface area contributed by atoms with Crippen LogP contribution in [-0.2, 0) is 4.79 Å². The van der Waals surface area contributed by atoms with Crippen LogP contribution in [0.25, 0.3) is 0 Å². The Morgan fingerprint density at radius 2 is 1.91 bits per heavy atom. The number of hydrogen-bond acceptors (Lipinski definition) is 4. The van der Waals surface area contributed by atoms with E-state index < -0.39 is 12.2 Å². The molecule has 120 valence electrons. The van der Waals surface area contributed by atoms with Crippen LogP contribution in [-0.4, -0.2) is 18.8 Å². The van der Waals surface area contributed by atoms with Crippen molar-refractivity contribution in [3.63, 3.8) is 0 Å². The van der Waals surface area contributed by atoms with E-state index in [4.69, 9.17) is 16.3 Å². The largest absolute Gasteiger partial charge is 0.586 e. The van der Waals surface area contributed by atoms with E-state index >= 15 is 0 Å². The number of carbonyl (C=O) groups is 1. The SMILES string of the molecule is O=C(COc1ccccc1Cl)Nc1ccc2c(c1)OC(F)(F)O2. The zero-order valence-electron chi connectivity index (χ0n) is 11.5. The van der Waals surface area contributed by atoms with Gasteiger partial charge in [-0.1, -0.05) is 23.7 Å². The number of ether oxygens (including phenoxy) is 3. The van der Waals surface area contributed by atoms with Crippen LogP contribution >= 0.6 is 11.6 Å². The van der Waals surface area contributed by atoms with Gasteiger partial charge in [0.25, 0.3) is 5.91 Å². The van der Waals surface area contributed by atoms with Gasteiger partial charge in [0.2, 0.25) is 0 Å². The summed E-state index contributed by atoms with van der Waals surface area (Å²) in [4.78, 5) is 11.8. The van der Waals surface area contributed by atoms with Gasteiger partial charge < -0.3 is 19.5 Å². The van der Waals surface area contributed by atoms with Gasteiger partial charge in [-0.3, -0.25) is 4.79 Å². The zero-order valence-corrected chi connectivity index (χ0v) is 12.3. The van der Waals surface area contributed by atoms with E-state index in [0.29, 0.717) is 10.8 Å². The molecule has 0 spiro atoms. The molecule has 1 aliphatic rings. The van der Waals surface area contributed by atoms with Crippen LogP contribution in [0.2, 0.25) is 5.02 Å².